The fourth-order valence-electron chi connectivity index (χ4n) is 3.67. The average Bonchev–Trinajstić information content (AvgIpc) is 3.02. The van der Waals surface area contributed by atoms with Gasteiger partial charge in [0, 0.05) is 12.5 Å². The number of likely N-dealkylation sites (tertiary alicyclic amines) is 1. The van der Waals surface area contributed by atoms with Crippen molar-refractivity contribution in [2.24, 2.45) is 17.1 Å². The molecule has 1 saturated heterocycles. The third-order valence-corrected chi connectivity index (χ3v) is 5.49. The van der Waals surface area contributed by atoms with Crippen LogP contribution in [-0.4, -0.2) is 24.5 Å². The molecule has 3 atom stereocenters. The molecular formula is C18H30N2O. The van der Waals surface area contributed by atoms with Crippen LogP contribution in [0.1, 0.15) is 69.9 Å². The average molecular weight is 290 g/mol. The highest BCUT2D eigenvalue weighted by Gasteiger charge is 2.37. The van der Waals surface area contributed by atoms with E-state index in [0.717, 1.165) is 24.8 Å². The second-order valence-electron chi connectivity index (χ2n) is 7.86. The van der Waals surface area contributed by atoms with Crippen LogP contribution in [0, 0.1) is 11.3 Å². The molecule has 0 aromatic carbocycles. The summed E-state index contributed by atoms with van der Waals surface area (Å²) in [5.74, 6) is 3.69. The summed E-state index contributed by atoms with van der Waals surface area (Å²) >= 11 is 0. The van der Waals surface area contributed by atoms with Crippen molar-refractivity contribution in [3.63, 3.8) is 0 Å². The second kappa shape index (κ2) is 5.77. The first-order valence-corrected chi connectivity index (χ1v) is 8.54. The van der Waals surface area contributed by atoms with E-state index >= 15 is 0 Å². The van der Waals surface area contributed by atoms with Gasteiger partial charge in [-0.3, -0.25) is 4.90 Å². The topological polar surface area (TPSA) is 42.4 Å². The van der Waals surface area contributed by atoms with E-state index in [1.54, 1.807) is 0 Å². The Morgan fingerprint density at radius 1 is 1.33 bits per heavy atom. The van der Waals surface area contributed by atoms with Gasteiger partial charge in [-0.25, -0.2) is 0 Å². The highest BCUT2D eigenvalue weighted by molar-refractivity contribution is 5.19. The first-order chi connectivity index (χ1) is 10.00. The van der Waals surface area contributed by atoms with Crippen LogP contribution in [0.4, 0.5) is 0 Å². The lowest BCUT2D eigenvalue weighted by Gasteiger charge is -2.29. The van der Waals surface area contributed by atoms with Crippen molar-refractivity contribution in [1.82, 2.24) is 4.90 Å². The van der Waals surface area contributed by atoms with Crippen molar-refractivity contribution in [3.8, 4) is 0 Å². The van der Waals surface area contributed by atoms with E-state index in [0.29, 0.717) is 17.9 Å². The van der Waals surface area contributed by atoms with Crippen molar-refractivity contribution in [2.75, 3.05) is 19.6 Å². The molecule has 1 aliphatic carbocycles. The largest absolute Gasteiger partial charge is 0.464 e. The number of rotatable bonds is 4. The van der Waals surface area contributed by atoms with Crippen molar-refractivity contribution in [1.29, 1.82) is 0 Å². The molecule has 2 fully saturated rings. The molecule has 3 unspecified atom stereocenters. The van der Waals surface area contributed by atoms with E-state index in [1.807, 2.05) is 0 Å². The molecule has 2 aliphatic rings. The summed E-state index contributed by atoms with van der Waals surface area (Å²) in [6.45, 7) is 9.98. The summed E-state index contributed by atoms with van der Waals surface area (Å²) in [5, 5.41) is 0. The number of hydrogen-bond donors (Lipinski definition) is 1. The normalized spacial score (nSPS) is 30.9. The van der Waals surface area contributed by atoms with Gasteiger partial charge in [0.05, 0.1) is 6.04 Å². The van der Waals surface area contributed by atoms with Gasteiger partial charge >= 0.3 is 0 Å². The smallest absolute Gasteiger partial charge is 0.122 e. The summed E-state index contributed by atoms with van der Waals surface area (Å²) in [7, 11) is 0. The molecule has 0 spiro atoms. The number of furan rings is 1. The van der Waals surface area contributed by atoms with Crippen LogP contribution >= 0.6 is 0 Å². The summed E-state index contributed by atoms with van der Waals surface area (Å²) in [5.41, 5.74) is 6.54. The second-order valence-corrected chi connectivity index (χ2v) is 7.86. The Bertz CT molecular complexity index is 479. The van der Waals surface area contributed by atoms with Crippen molar-refractivity contribution in [2.45, 2.75) is 58.4 Å². The highest BCUT2D eigenvalue weighted by Crippen LogP contribution is 2.47. The summed E-state index contributed by atoms with van der Waals surface area (Å²) in [6, 6.07) is 4.59. The van der Waals surface area contributed by atoms with E-state index in [9.17, 15) is 0 Å². The zero-order valence-corrected chi connectivity index (χ0v) is 13.8. The molecule has 1 aliphatic heterocycles. The Morgan fingerprint density at radius 2 is 2.10 bits per heavy atom. The van der Waals surface area contributed by atoms with E-state index in [2.05, 4.69) is 37.8 Å². The predicted octanol–water partition coefficient (Wildman–Crippen LogP) is 3.91. The Balaban J connectivity index is 1.70. The molecule has 3 nitrogen and oxygen atoms in total. The lowest BCUT2D eigenvalue weighted by atomic mass is 9.85. The molecule has 2 N–H and O–H groups in total. The fourth-order valence-corrected chi connectivity index (χ4v) is 3.67. The van der Waals surface area contributed by atoms with Gasteiger partial charge < -0.3 is 10.2 Å². The number of nitrogens with two attached hydrogens (primary N) is 1. The van der Waals surface area contributed by atoms with Gasteiger partial charge in [-0.15, -0.1) is 0 Å². The standard InChI is InChI=1S/C18H30N2O/c1-13-11-14(13)16-5-6-17(21-16)15(12-19)20-9-4-7-18(2,3)8-10-20/h5-6,13-15H,4,7-12,19H2,1-3H3. The lowest BCUT2D eigenvalue weighted by molar-refractivity contribution is 0.177. The van der Waals surface area contributed by atoms with E-state index < -0.39 is 0 Å². The molecular weight excluding hydrogens is 260 g/mol. The SMILES string of the molecule is CC1CC1c1ccc(C(CN)N2CCCC(C)(C)CC2)o1. The van der Waals surface area contributed by atoms with Crippen LogP contribution in [0.2, 0.25) is 0 Å². The summed E-state index contributed by atoms with van der Waals surface area (Å²) in [6.07, 6.45) is 5.09. The van der Waals surface area contributed by atoms with Crippen LogP contribution in [0.3, 0.4) is 0 Å². The van der Waals surface area contributed by atoms with Gasteiger partial charge in [-0.1, -0.05) is 20.8 Å². The van der Waals surface area contributed by atoms with Gasteiger partial charge in [0.15, 0.2) is 0 Å². The maximum absolute atomic E-state index is 6.16. The van der Waals surface area contributed by atoms with E-state index in [4.69, 9.17) is 10.2 Å². The van der Waals surface area contributed by atoms with Gasteiger partial charge in [0.2, 0.25) is 0 Å². The predicted molar refractivity (Wildman–Crippen MR) is 86.2 cm³/mol. The first-order valence-electron chi connectivity index (χ1n) is 8.54. The Labute approximate surface area is 128 Å². The van der Waals surface area contributed by atoms with Crippen LogP contribution in [-0.2, 0) is 0 Å². The maximum Gasteiger partial charge on any atom is 0.122 e. The summed E-state index contributed by atoms with van der Waals surface area (Å²) in [4.78, 5) is 2.54. The van der Waals surface area contributed by atoms with Crippen LogP contribution in [0.15, 0.2) is 16.5 Å². The fraction of sp³-hybridized carbons (Fsp3) is 0.778. The quantitative estimate of drug-likeness (QED) is 0.914. The zero-order chi connectivity index (χ0) is 15.0. The Morgan fingerprint density at radius 3 is 2.76 bits per heavy atom. The third-order valence-electron chi connectivity index (χ3n) is 5.49. The minimum Gasteiger partial charge on any atom is -0.464 e. The van der Waals surface area contributed by atoms with Crippen molar-refractivity contribution < 1.29 is 4.42 Å². The molecule has 2 heterocycles. The van der Waals surface area contributed by atoms with Gasteiger partial charge in [0.1, 0.15) is 11.5 Å². The van der Waals surface area contributed by atoms with E-state index in [-0.39, 0.29) is 6.04 Å². The number of nitrogens with zero attached hydrogens (tertiary/aromatic N) is 1. The molecule has 0 amide bonds. The van der Waals surface area contributed by atoms with Gasteiger partial charge in [0.25, 0.3) is 0 Å². The molecule has 3 heteroatoms. The minimum atomic E-state index is 0.252. The first kappa shape index (κ1) is 15.1. The Hall–Kier alpha value is -0.800. The van der Waals surface area contributed by atoms with Crippen LogP contribution < -0.4 is 5.73 Å². The van der Waals surface area contributed by atoms with Gasteiger partial charge in [-0.05, 0) is 62.2 Å². The number of hydrogen-bond acceptors (Lipinski definition) is 3. The van der Waals surface area contributed by atoms with Gasteiger partial charge in [-0.2, -0.15) is 0 Å². The van der Waals surface area contributed by atoms with Crippen LogP contribution in [0.5, 0.6) is 0 Å². The molecule has 21 heavy (non-hydrogen) atoms. The zero-order valence-electron chi connectivity index (χ0n) is 13.8. The molecule has 1 aromatic heterocycles. The lowest BCUT2D eigenvalue weighted by Crippen LogP contribution is -2.34. The van der Waals surface area contributed by atoms with E-state index in [1.165, 1.54) is 31.4 Å². The van der Waals surface area contributed by atoms with Crippen LogP contribution in [0.25, 0.3) is 0 Å². The minimum absolute atomic E-state index is 0.252. The molecule has 1 saturated carbocycles. The third kappa shape index (κ3) is 3.35. The summed E-state index contributed by atoms with van der Waals surface area (Å²) < 4.78 is 6.16. The van der Waals surface area contributed by atoms with Crippen molar-refractivity contribution in [3.05, 3.63) is 23.7 Å². The van der Waals surface area contributed by atoms with Crippen molar-refractivity contribution >= 4 is 0 Å². The highest BCUT2D eigenvalue weighted by atomic mass is 16.3. The Kier molecular flexibility index (Phi) is 4.15. The maximum atomic E-state index is 6.16. The molecule has 118 valence electrons. The molecule has 0 radical (unpaired) electrons. The monoisotopic (exact) mass is 290 g/mol. The molecule has 0 bridgehead atoms. The molecule has 3 rings (SSSR count). The molecule has 1 aromatic rings.